The summed E-state index contributed by atoms with van der Waals surface area (Å²) < 4.78 is 76.5. The first-order valence-electron chi connectivity index (χ1n) is 6.51. The highest BCUT2D eigenvalue weighted by atomic mass is 79.9. The first-order valence-corrected chi connectivity index (χ1v) is 8.12. The molecule has 0 aliphatic carbocycles. The summed E-state index contributed by atoms with van der Waals surface area (Å²) in [4.78, 5) is 4.15. The Kier molecular flexibility index (Phi) is 5.38. The van der Waals surface area contributed by atoms with Crippen molar-refractivity contribution in [3.8, 4) is 0 Å². The van der Waals surface area contributed by atoms with Crippen LogP contribution in [0.4, 0.5) is 37.7 Å². The van der Waals surface area contributed by atoms with Crippen molar-refractivity contribution in [3.63, 3.8) is 0 Å². The predicted octanol–water partition coefficient (Wildman–Crippen LogP) is 5.63. The molecule has 2 rings (SSSR count). The van der Waals surface area contributed by atoms with Crippen LogP contribution in [0.15, 0.2) is 39.1 Å². The van der Waals surface area contributed by atoms with Gasteiger partial charge in [0.1, 0.15) is 4.88 Å². The maximum atomic E-state index is 12.8. The van der Waals surface area contributed by atoms with Crippen molar-refractivity contribution in [1.29, 1.82) is 0 Å². The van der Waals surface area contributed by atoms with Gasteiger partial charge in [-0.25, -0.2) is 4.99 Å². The Bertz CT molecular complexity index is 797. The summed E-state index contributed by atoms with van der Waals surface area (Å²) >= 11 is 3.49. The van der Waals surface area contributed by atoms with E-state index < -0.39 is 22.8 Å². The Morgan fingerprint density at radius 3 is 2.28 bits per heavy atom. The molecule has 0 saturated carbocycles. The summed E-state index contributed by atoms with van der Waals surface area (Å²) in [5, 5.41) is 0. The second kappa shape index (κ2) is 6.87. The zero-order chi connectivity index (χ0) is 19.0. The van der Waals surface area contributed by atoms with Crippen LogP contribution in [-0.2, 0) is 12.4 Å². The standard InChI is InChI=1S/C14H10BrF6N3S/c1-24(9-6-10(14(19,20)21)25-11(9)15)12(22)23-8-4-2-3-7(5-8)13(16,17)18/h2-6H,1H3,(H2,22,23). The number of thiophene rings is 1. The van der Waals surface area contributed by atoms with Gasteiger partial charge < -0.3 is 10.6 Å². The number of rotatable bonds is 2. The molecule has 1 aromatic heterocycles. The smallest absolute Gasteiger partial charge is 0.369 e. The highest BCUT2D eigenvalue weighted by Gasteiger charge is 2.34. The second-order valence-corrected chi connectivity index (χ2v) is 7.21. The van der Waals surface area contributed by atoms with Crippen molar-refractivity contribution in [2.45, 2.75) is 12.4 Å². The van der Waals surface area contributed by atoms with Crippen molar-refractivity contribution in [2.24, 2.45) is 10.7 Å². The molecule has 2 aromatic rings. The molecule has 0 spiro atoms. The van der Waals surface area contributed by atoms with Gasteiger partial charge in [-0.1, -0.05) is 6.07 Å². The molecular weight excluding hydrogens is 436 g/mol. The molecule has 2 N–H and O–H groups in total. The Morgan fingerprint density at radius 1 is 1.12 bits per heavy atom. The largest absolute Gasteiger partial charge is 0.425 e. The summed E-state index contributed by atoms with van der Waals surface area (Å²) in [6, 6.07) is 5.02. The van der Waals surface area contributed by atoms with Gasteiger partial charge in [-0.3, -0.25) is 0 Å². The van der Waals surface area contributed by atoms with Crippen LogP contribution in [0.5, 0.6) is 0 Å². The normalized spacial score (nSPS) is 13.2. The molecule has 1 heterocycles. The minimum Gasteiger partial charge on any atom is -0.369 e. The molecule has 11 heteroatoms. The molecule has 0 radical (unpaired) electrons. The molecule has 3 nitrogen and oxygen atoms in total. The van der Waals surface area contributed by atoms with Crippen LogP contribution >= 0.6 is 27.3 Å². The van der Waals surface area contributed by atoms with Gasteiger partial charge in [0.2, 0.25) is 5.96 Å². The maximum absolute atomic E-state index is 12.8. The van der Waals surface area contributed by atoms with Gasteiger partial charge in [0.05, 0.1) is 20.7 Å². The van der Waals surface area contributed by atoms with Crippen LogP contribution in [0.2, 0.25) is 0 Å². The fourth-order valence-electron chi connectivity index (χ4n) is 1.81. The van der Waals surface area contributed by atoms with Crippen LogP contribution in [0.25, 0.3) is 0 Å². The van der Waals surface area contributed by atoms with Crippen molar-refractivity contribution < 1.29 is 26.3 Å². The van der Waals surface area contributed by atoms with E-state index in [4.69, 9.17) is 5.73 Å². The summed E-state index contributed by atoms with van der Waals surface area (Å²) in [5.74, 6) is -0.258. The van der Waals surface area contributed by atoms with Crippen LogP contribution < -0.4 is 10.6 Å². The van der Waals surface area contributed by atoms with Gasteiger partial charge in [0.15, 0.2) is 0 Å². The number of guanidine groups is 1. The van der Waals surface area contributed by atoms with E-state index in [9.17, 15) is 26.3 Å². The van der Waals surface area contributed by atoms with Crippen LogP contribution in [0.1, 0.15) is 10.4 Å². The zero-order valence-electron chi connectivity index (χ0n) is 12.4. The topological polar surface area (TPSA) is 41.6 Å². The summed E-state index contributed by atoms with van der Waals surface area (Å²) in [5.41, 5.74) is 4.86. The lowest BCUT2D eigenvalue weighted by Gasteiger charge is -2.17. The number of hydrogen-bond donors (Lipinski definition) is 1. The van der Waals surface area contributed by atoms with E-state index in [1.54, 1.807) is 0 Å². The fourth-order valence-corrected chi connectivity index (χ4v) is 3.49. The van der Waals surface area contributed by atoms with E-state index in [2.05, 4.69) is 20.9 Å². The lowest BCUT2D eigenvalue weighted by Crippen LogP contribution is -2.33. The third-order valence-electron chi connectivity index (χ3n) is 3.07. The number of halogens is 7. The highest BCUT2D eigenvalue weighted by Crippen LogP contribution is 2.42. The van der Waals surface area contributed by atoms with Crippen molar-refractivity contribution >= 4 is 44.6 Å². The molecule has 0 bridgehead atoms. The monoisotopic (exact) mass is 445 g/mol. The minimum atomic E-state index is -4.54. The van der Waals surface area contributed by atoms with Crippen molar-refractivity contribution in [3.05, 3.63) is 44.6 Å². The molecule has 0 unspecified atom stereocenters. The zero-order valence-corrected chi connectivity index (χ0v) is 14.8. The lowest BCUT2D eigenvalue weighted by atomic mass is 10.2. The van der Waals surface area contributed by atoms with E-state index in [0.717, 1.165) is 29.2 Å². The van der Waals surface area contributed by atoms with Crippen LogP contribution in [-0.4, -0.2) is 13.0 Å². The third-order valence-corrected chi connectivity index (χ3v) is 4.92. The average molecular weight is 446 g/mol. The maximum Gasteiger partial charge on any atom is 0.425 e. The number of alkyl halides is 6. The fraction of sp³-hybridized carbons (Fsp3) is 0.214. The van der Waals surface area contributed by atoms with Gasteiger partial charge in [-0.05, 0) is 40.2 Å². The summed E-state index contributed by atoms with van der Waals surface area (Å²) in [7, 11) is 1.36. The van der Waals surface area contributed by atoms with Gasteiger partial charge in [-0.15, -0.1) is 11.3 Å². The lowest BCUT2D eigenvalue weighted by molar-refractivity contribution is -0.137. The van der Waals surface area contributed by atoms with E-state index in [0.29, 0.717) is 11.3 Å². The highest BCUT2D eigenvalue weighted by molar-refractivity contribution is 9.11. The molecule has 0 atom stereocenters. The first kappa shape index (κ1) is 19.6. The van der Waals surface area contributed by atoms with E-state index in [1.165, 1.54) is 13.1 Å². The van der Waals surface area contributed by atoms with E-state index in [-0.39, 0.29) is 21.1 Å². The Morgan fingerprint density at radius 2 is 1.76 bits per heavy atom. The molecule has 1 aromatic carbocycles. The quantitative estimate of drug-likeness (QED) is 0.369. The number of nitrogens with zero attached hydrogens (tertiary/aromatic N) is 2. The molecule has 0 fully saturated rings. The number of aliphatic imine (C=N–C) groups is 1. The van der Waals surface area contributed by atoms with Crippen LogP contribution in [0.3, 0.4) is 0 Å². The molecule has 0 aliphatic rings. The molecule has 136 valence electrons. The molecule has 25 heavy (non-hydrogen) atoms. The summed E-state index contributed by atoms with van der Waals surface area (Å²) in [6.45, 7) is 0. The number of hydrogen-bond acceptors (Lipinski definition) is 2. The Labute approximate surface area is 150 Å². The second-order valence-electron chi connectivity index (χ2n) is 4.84. The predicted molar refractivity (Wildman–Crippen MR) is 88.2 cm³/mol. The number of nitrogens with two attached hydrogens (primary N) is 1. The molecular formula is C14H10BrF6N3S. The molecule has 0 aliphatic heterocycles. The van der Waals surface area contributed by atoms with Gasteiger partial charge >= 0.3 is 12.4 Å². The van der Waals surface area contributed by atoms with Gasteiger partial charge in [0, 0.05) is 7.05 Å². The first-order chi connectivity index (χ1) is 11.4. The van der Waals surface area contributed by atoms with Crippen molar-refractivity contribution in [2.75, 3.05) is 11.9 Å². The van der Waals surface area contributed by atoms with E-state index in [1.807, 2.05) is 0 Å². The number of benzene rings is 1. The average Bonchev–Trinajstić information content (AvgIpc) is 2.88. The molecule has 0 amide bonds. The number of anilines is 1. The Balaban J connectivity index is 2.33. The van der Waals surface area contributed by atoms with E-state index >= 15 is 0 Å². The molecule has 0 saturated heterocycles. The summed E-state index contributed by atoms with van der Waals surface area (Å²) in [6.07, 6.45) is -9.05. The van der Waals surface area contributed by atoms with Gasteiger partial charge in [0.25, 0.3) is 0 Å². The van der Waals surface area contributed by atoms with Crippen LogP contribution in [0, 0.1) is 0 Å². The SMILES string of the molecule is CN(C(N)=Nc1cccc(C(F)(F)F)c1)c1cc(C(F)(F)F)sc1Br. The minimum absolute atomic E-state index is 0.0680. The van der Waals surface area contributed by atoms with Gasteiger partial charge in [-0.2, -0.15) is 26.3 Å². The van der Waals surface area contributed by atoms with Crippen molar-refractivity contribution in [1.82, 2.24) is 0 Å². The third kappa shape index (κ3) is 4.66. The Hall–Kier alpha value is -1.75.